The van der Waals surface area contributed by atoms with Crippen molar-refractivity contribution in [2.75, 3.05) is 19.6 Å². The maximum atomic E-state index is 4.72. The lowest BCUT2D eigenvalue weighted by Crippen LogP contribution is -2.37. The first-order valence-electron chi connectivity index (χ1n) is 10.5. The van der Waals surface area contributed by atoms with Crippen molar-refractivity contribution in [1.82, 2.24) is 20.5 Å². The number of aliphatic imine (C=N–C) groups is 1. The molecule has 2 heterocycles. The summed E-state index contributed by atoms with van der Waals surface area (Å²) in [5, 5.41) is 6.68. The molecule has 2 N–H and O–H groups in total. The van der Waals surface area contributed by atoms with Crippen LogP contribution >= 0.6 is 24.0 Å². The Labute approximate surface area is 192 Å². The van der Waals surface area contributed by atoms with Gasteiger partial charge in [-0.3, -0.25) is 9.88 Å². The Morgan fingerprint density at radius 1 is 1.00 bits per heavy atom. The molecule has 6 heteroatoms. The summed E-state index contributed by atoms with van der Waals surface area (Å²) < 4.78 is 0. The van der Waals surface area contributed by atoms with Crippen LogP contribution in [0.25, 0.3) is 0 Å². The first-order valence-corrected chi connectivity index (χ1v) is 10.5. The summed E-state index contributed by atoms with van der Waals surface area (Å²) in [5.41, 5.74) is 4.68. The molecule has 1 aromatic heterocycles. The van der Waals surface area contributed by atoms with Crippen LogP contribution in [-0.4, -0.2) is 35.5 Å². The van der Waals surface area contributed by atoms with Crippen molar-refractivity contribution in [3.63, 3.8) is 0 Å². The normalized spacial score (nSPS) is 14.9. The average molecular weight is 507 g/mol. The van der Waals surface area contributed by atoms with Gasteiger partial charge in [0.25, 0.3) is 0 Å². The number of rotatable bonds is 7. The van der Waals surface area contributed by atoms with E-state index in [1.807, 2.05) is 25.1 Å². The lowest BCUT2D eigenvalue weighted by molar-refractivity contribution is 0.221. The molecule has 29 heavy (non-hydrogen) atoms. The molecule has 0 bridgehead atoms. The molecule has 1 saturated heterocycles. The zero-order chi connectivity index (χ0) is 19.6. The lowest BCUT2D eigenvalue weighted by Gasteiger charge is -2.26. The SMILES string of the molecule is CCNC(=NCc1ccc(CN2CCCCC2)cc1)NCc1cccc(C)n1.I. The number of pyridine rings is 1. The third-order valence-corrected chi connectivity index (χ3v) is 5.02. The predicted molar refractivity (Wildman–Crippen MR) is 132 cm³/mol. The molecule has 3 rings (SSSR count). The summed E-state index contributed by atoms with van der Waals surface area (Å²) in [4.78, 5) is 11.8. The van der Waals surface area contributed by atoms with Crippen LogP contribution in [0.2, 0.25) is 0 Å². The van der Waals surface area contributed by atoms with Crippen molar-refractivity contribution < 1.29 is 0 Å². The third-order valence-electron chi connectivity index (χ3n) is 5.02. The number of nitrogens with one attached hydrogen (secondary N) is 2. The van der Waals surface area contributed by atoms with Crippen LogP contribution in [0.3, 0.4) is 0 Å². The summed E-state index contributed by atoms with van der Waals surface area (Å²) >= 11 is 0. The Morgan fingerprint density at radius 3 is 2.41 bits per heavy atom. The van der Waals surface area contributed by atoms with Gasteiger partial charge in [-0.2, -0.15) is 0 Å². The smallest absolute Gasteiger partial charge is 0.191 e. The van der Waals surface area contributed by atoms with Gasteiger partial charge in [0.1, 0.15) is 0 Å². The highest BCUT2D eigenvalue weighted by Crippen LogP contribution is 2.14. The number of likely N-dealkylation sites (tertiary alicyclic amines) is 1. The Bertz CT molecular complexity index is 754. The minimum Gasteiger partial charge on any atom is -0.357 e. The quantitative estimate of drug-likeness (QED) is 0.334. The van der Waals surface area contributed by atoms with Crippen LogP contribution in [-0.2, 0) is 19.6 Å². The summed E-state index contributed by atoms with van der Waals surface area (Å²) in [6.45, 7) is 9.80. The fraction of sp³-hybridized carbons (Fsp3) is 0.478. The molecule has 1 fully saturated rings. The number of nitrogens with zero attached hydrogens (tertiary/aromatic N) is 3. The molecule has 158 valence electrons. The zero-order valence-electron chi connectivity index (χ0n) is 17.7. The van der Waals surface area contributed by atoms with Crippen LogP contribution in [0, 0.1) is 6.92 Å². The van der Waals surface area contributed by atoms with E-state index in [9.17, 15) is 0 Å². The largest absolute Gasteiger partial charge is 0.357 e. The highest BCUT2D eigenvalue weighted by Gasteiger charge is 2.10. The van der Waals surface area contributed by atoms with E-state index < -0.39 is 0 Å². The molecule has 1 aromatic carbocycles. The van der Waals surface area contributed by atoms with Crippen molar-refractivity contribution in [2.45, 2.75) is 52.7 Å². The number of hydrogen-bond donors (Lipinski definition) is 2. The molecule has 0 atom stereocenters. The van der Waals surface area contributed by atoms with Gasteiger partial charge >= 0.3 is 0 Å². The van der Waals surface area contributed by atoms with E-state index in [0.717, 1.165) is 30.4 Å². The molecule has 1 aliphatic rings. The first-order chi connectivity index (χ1) is 13.7. The molecule has 0 saturated carbocycles. The van der Waals surface area contributed by atoms with Crippen molar-refractivity contribution in [3.8, 4) is 0 Å². The number of hydrogen-bond acceptors (Lipinski definition) is 3. The highest BCUT2D eigenvalue weighted by molar-refractivity contribution is 14.0. The Kier molecular flexibility index (Phi) is 10.4. The number of aromatic nitrogens is 1. The fourth-order valence-corrected chi connectivity index (χ4v) is 3.51. The van der Waals surface area contributed by atoms with E-state index in [4.69, 9.17) is 4.99 Å². The number of aryl methyl sites for hydroxylation is 1. The maximum Gasteiger partial charge on any atom is 0.191 e. The molecule has 0 spiro atoms. The molecule has 0 unspecified atom stereocenters. The molecule has 5 nitrogen and oxygen atoms in total. The first kappa shape index (κ1) is 23.6. The second kappa shape index (κ2) is 12.8. The summed E-state index contributed by atoms with van der Waals surface area (Å²) in [5.74, 6) is 0.822. The predicted octanol–water partition coefficient (Wildman–Crippen LogP) is 4.25. The molecule has 0 aliphatic carbocycles. The maximum absolute atomic E-state index is 4.72. The number of benzene rings is 1. The van der Waals surface area contributed by atoms with Crippen LogP contribution < -0.4 is 10.6 Å². The Balaban J connectivity index is 0.00000300. The van der Waals surface area contributed by atoms with Crippen molar-refractivity contribution >= 4 is 29.9 Å². The second-order valence-electron chi connectivity index (χ2n) is 7.47. The Morgan fingerprint density at radius 2 is 1.72 bits per heavy atom. The van der Waals surface area contributed by atoms with Crippen LogP contribution in [0.5, 0.6) is 0 Å². The third kappa shape index (κ3) is 8.30. The summed E-state index contributed by atoms with van der Waals surface area (Å²) in [6, 6.07) is 15.0. The van der Waals surface area contributed by atoms with Crippen molar-refractivity contribution in [1.29, 1.82) is 0 Å². The highest BCUT2D eigenvalue weighted by atomic mass is 127. The molecular formula is C23H34IN5. The van der Waals surface area contributed by atoms with E-state index in [-0.39, 0.29) is 24.0 Å². The van der Waals surface area contributed by atoms with Crippen LogP contribution in [0.4, 0.5) is 0 Å². The van der Waals surface area contributed by atoms with E-state index in [1.54, 1.807) is 0 Å². The van der Waals surface area contributed by atoms with Gasteiger partial charge in [0, 0.05) is 18.8 Å². The number of halogens is 1. The topological polar surface area (TPSA) is 52.6 Å². The van der Waals surface area contributed by atoms with Gasteiger partial charge in [0.05, 0.1) is 18.8 Å². The van der Waals surface area contributed by atoms with E-state index in [1.165, 1.54) is 43.5 Å². The molecule has 0 amide bonds. The van der Waals surface area contributed by atoms with Gasteiger partial charge in [0.15, 0.2) is 5.96 Å². The number of piperidine rings is 1. The van der Waals surface area contributed by atoms with Crippen LogP contribution in [0.1, 0.15) is 48.7 Å². The zero-order valence-corrected chi connectivity index (χ0v) is 20.0. The van der Waals surface area contributed by atoms with Crippen LogP contribution in [0.15, 0.2) is 47.5 Å². The van der Waals surface area contributed by atoms with Gasteiger partial charge in [-0.05, 0) is 63.0 Å². The lowest BCUT2D eigenvalue weighted by atomic mass is 10.1. The van der Waals surface area contributed by atoms with Crippen molar-refractivity contribution in [2.24, 2.45) is 4.99 Å². The fourth-order valence-electron chi connectivity index (χ4n) is 3.51. The standard InChI is InChI=1S/C23H33N5.HI/c1-3-24-23(26-17-22-9-7-8-19(2)27-22)25-16-20-10-12-21(13-11-20)18-28-14-5-4-6-15-28;/h7-13H,3-6,14-18H2,1-2H3,(H2,24,25,26);1H. The molecule has 2 aromatic rings. The van der Waals surface area contributed by atoms with Gasteiger partial charge in [0.2, 0.25) is 0 Å². The minimum atomic E-state index is 0. The number of guanidine groups is 1. The average Bonchev–Trinajstić information content (AvgIpc) is 2.72. The van der Waals surface area contributed by atoms with E-state index >= 15 is 0 Å². The molecule has 0 radical (unpaired) electrons. The van der Waals surface area contributed by atoms with Gasteiger partial charge in [-0.25, -0.2) is 4.99 Å². The second-order valence-corrected chi connectivity index (χ2v) is 7.47. The minimum absolute atomic E-state index is 0. The van der Waals surface area contributed by atoms with Gasteiger partial charge < -0.3 is 10.6 Å². The van der Waals surface area contributed by atoms with Gasteiger partial charge in [-0.1, -0.05) is 36.8 Å². The molecule has 1 aliphatic heterocycles. The van der Waals surface area contributed by atoms with Crippen molar-refractivity contribution in [3.05, 3.63) is 65.0 Å². The van der Waals surface area contributed by atoms with Gasteiger partial charge in [-0.15, -0.1) is 24.0 Å². The monoisotopic (exact) mass is 507 g/mol. The summed E-state index contributed by atoms with van der Waals surface area (Å²) in [6.07, 6.45) is 4.06. The Hall–Kier alpha value is -1.67. The summed E-state index contributed by atoms with van der Waals surface area (Å²) in [7, 11) is 0. The van der Waals surface area contributed by atoms with E-state index in [0.29, 0.717) is 13.1 Å². The van der Waals surface area contributed by atoms with E-state index in [2.05, 4.69) is 51.7 Å². The molecular weight excluding hydrogens is 473 g/mol.